The van der Waals surface area contributed by atoms with Crippen LogP contribution in [0.2, 0.25) is 0 Å². The van der Waals surface area contributed by atoms with Crippen molar-refractivity contribution in [1.82, 2.24) is 10.5 Å². The third kappa shape index (κ3) is 3.23. The number of carbonyl (C=O) groups is 1. The van der Waals surface area contributed by atoms with Gasteiger partial charge in [-0.05, 0) is 12.0 Å². The number of amides is 1. The topological polar surface area (TPSA) is 51.2 Å². The maximum Gasteiger partial charge on any atom is 0.278 e. The Balaban J connectivity index is 2.63. The van der Waals surface area contributed by atoms with Crippen LogP contribution >= 0.6 is 0 Å². The number of hydrogen-bond donors (Lipinski definition) is 1. The molecular weight excluding hydrogens is 218 g/mol. The number of carbonyl (C=O) groups excluding carboxylic acids is 1. The number of hydrogen-bond acceptors (Lipinski definition) is 3. The van der Waals surface area contributed by atoms with E-state index in [0.29, 0.717) is 6.61 Å². The van der Waals surface area contributed by atoms with Gasteiger partial charge < -0.3 is 0 Å². The Kier molecular flexibility index (Phi) is 4.30. The predicted molar refractivity (Wildman–Crippen MR) is 52.4 cm³/mol. The Hall–Kier alpha value is -1.56. The van der Waals surface area contributed by atoms with Crippen molar-refractivity contribution in [2.75, 3.05) is 6.61 Å². The Morgan fingerprint density at radius 1 is 1.56 bits per heavy atom. The van der Waals surface area contributed by atoms with Crippen LogP contribution in [0, 0.1) is 17.7 Å². The van der Waals surface area contributed by atoms with Gasteiger partial charge in [0.15, 0.2) is 5.82 Å². The normalized spacial score (nSPS) is 10.6. The van der Waals surface area contributed by atoms with E-state index in [4.69, 9.17) is 4.84 Å². The molecule has 0 saturated heterocycles. The number of nitrogens with zero attached hydrogens (tertiary/aromatic N) is 1. The molecule has 4 nitrogen and oxygen atoms in total. The number of nitrogens with one attached hydrogen (secondary N) is 1. The van der Waals surface area contributed by atoms with Gasteiger partial charge in [-0.1, -0.05) is 13.8 Å². The van der Waals surface area contributed by atoms with Crippen LogP contribution in [0.4, 0.5) is 8.78 Å². The van der Waals surface area contributed by atoms with E-state index in [2.05, 4.69) is 4.98 Å². The van der Waals surface area contributed by atoms with Gasteiger partial charge in [-0.2, -0.15) is 4.39 Å². The zero-order valence-corrected chi connectivity index (χ0v) is 8.96. The molecule has 0 fully saturated rings. The Labute approximate surface area is 91.6 Å². The quantitative estimate of drug-likeness (QED) is 0.632. The van der Waals surface area contributed by atoms with Crippen LogP contribution in [0.1, 0.15) is 24.2 Å². The van der Waals surface area contributed by atoms with E-state index >= 15 is 0 Å². The Bertz CT molecular complexity index is 383. The van der Waals surface area contributed by atoms with Gasteiger partial charge in [0, 0.05) is 6.20 Å². The van der Waals surface area contributed by atoms with Crippen molar-refractivity contribution in [3.63, 3.8) is 0 Å². The fraction of sp³-hybridized carbons (Fsp3) is 0.400. The lowest BCUT2D eigenvalue weighted by atomic mass is 10.2. The second kappa shape index (κ2) is 5.50. The van der Waals surface area contributed by atoms with Crippen LogP contribution in [0.25, 0.3) is 0 Å². The maximum absolute atomic E-state index is 13.1. The SMILES string of the molecule is CC(C)CONC(=O)c1ccnc(F)c1F. The monoisotopic (exact) mass is 230 g/mol. The molecule has 1 aromatic heterocycles. The molecule has 16 heavy (non-hydrogen) atoms. The van der Waals surface area contributed by atoms with Gasteiger partial charge in [0.1, 0.15) is 0 Å². The number of aromatic nitrogens is 1. The number of rotatable bonds is 4. The molecule has 0 saturated carbocycles. The van der Waals surface area contributed by atoms with Crippen LogP contribution in [-0.4, -0.2) is 17.5 Å². The maximum atomic E-state index is 13.1. The Morgan fingerprint density at radius 2 is 2.25 bits per heavy atom. The minimum absolute atomic E-state index is 0.222. The minimum Gasteiger partial charge on any atom is -0.273 e. The first kappa shape index (κ1) is 12.5. The zero-order valence-electron chi connectivity index (χ0n) is 8.96. The van der Waals surface area contributed by atoms with Crippen molar-refractivity contribution in [1.29, 1.82) is 0 Å². The van der Waals surface area contributed by atoms with Gasteiger partial charge in [0.05, 0.1) is 12.2 Å². The van der Waals surface area contributed by atoms with Gasteiger partial charge in [-0.15, -0.1) is 0 Å². The molecule has 0 aliphatic carbocycles. The lowest BCUT2D eigenvalue weighted by Crippen LogP contribution is -2.26. The van der Waals surface area contributed by atoms with Crippen LogP contribution in [0.5, 0.6) is 0 Å². The minimum atomic E-state index is -1.31. The van der Waals surface area contributed by atoms with Crippen molar-refractivity contribution >= 4 is 5.91 Å². The highest BCUT2D eigenvalue weighted by Gasteiger charge is 2.15. The fourth-order valence-electron chi connectivity index (χ4n) is 0.922. The van der Waals surface area contributed by atoms with Gasteiger partial charge in [0.2, 0.25) is 5.95 Å². The van der Waals surface area contributed by atoms with Crippen molar-refractivity contribution in [3.05, 3.63) is 29.6 Å². The van der Waals surface area contributed by atoms with E-state index in [-0.39, 0.29) is 5.92 Å². The first-order chi connectivity index (χ1) is 7.52. The highest BCUT2D eigenvalue weighted by atomic mass is 19.2. The summed E-state index contributed by atoms with van der Waals surface area (Å²) in [7, 11) is 0. The van der Waals surface area contributed by atoms with Gasteiger partial charge in [-0.3, -0.25) is 9.63 Å². The summed E-state index contributed by atoms with van der Waals surface area (Å²) in [6.07, 6.45) is 1.01. The van der Waals surface area contributed by atoms with Gasteiger partial charge in [0.25, 0.3) is 5.91 Å². The molecule has 0 aromatic carbocycles. The molecular formula is C10H12F2N2O2. The summed E-state index contributed by atoms with van der Waals surface area (Å²) < 4.78 is 25.8. The van der Waals surface area contributed by atoms with Gasteiger partial charge >= 0.3 is 0 Å². The average molecular weight is 230 g/mol. The molecule has 6 heteroatoms. The van der Waals surface area contributed by atoms with Crippen LogP contribution in [0.3, 0.4) is 0 Å². The van der Waals surface area contributed by atoms with Crippen molar-refractivity contribution in [2.45, 2.75) is 13.8 Å². The molecule has 1 heterocycles. The van der Waals surface area contributed by atoms with E-state index in [9.17, 15) is 13.6 Å². The molecule has 0 aliphatic rings. The Morgan fingerprint density at radius 3 is 2.88 bits per heavy atom. The van der Waals surface area contributed by atoms with E-state index in [1.54, 1.807) is 0 Å². The molecule has 1 amide bonds. The van der Waals surface area contributed by atoms with Crippen molar-refractivity contribution < 1.29 is 18.4 Å². The first-order valence-electron chi connectivity index (χ1n) is 4.74. The third-order valence-corrected chi connectivity index (χ3v) is 1.67. The lowest BCUT2D eigenvalue weighted by Gasteiger charge is -2.08. The smallest absolute Gasteiger partial charge is 0.273 e. The molecule has 0 aliphatic heterocycles. The molecule has 0 spiro atoms. The van der Waals surface area contributed by atoms with Crippen molar-refractivity contribution in [2.24, 2.45) is 5.92 Å². The molecule has 1 aromatic rings. The highest BCUT2D eigenvalue weighted by Crippen LogP contribution is 2.08. The first-order valence-corrected chi connectivity index (χ1v) is 4.74. The number of halogens is 2. The molecule has 0 unspecified atom stereocenters. The molecule has 0 bridgehead atoms. The molecule has 1 N–H and O–H groups in total. The number of hydroxylamine groups is 1. The second-order valence-corrected chi connectivity index (χ2v) is 3.60. The van der Waals surface area contributed by atoms with E-state index < -0.39 is 23.2 Å². The number of pyridine rings is 1. The lowest BCUT2D eigenvalue weighted by molar-refractivity contribution is 0.0205. The molecule has 1 rings (SSSR count). The standard InChI is InChI=1S/C10H12F2N2O2/c1-6(2)5-16-14-10(15)7-3-4-13-9(12)8(7)11/h3-4,6H,5H2,1-2H3,(H,14,15). The summed E-state index contributed by atoms with van der Waals surface area (Å²) >= 11 is 0. The average Bonchev–Trinajstić information content (AvgIpc) is 2.21. The van der Waals surface area contributed by atoms with E-state index in [0.717, 1.165) is 12.3 Å². The largest absolute Gasteiger partial charge is 0.278 e. The molecule has 88 valence electrons. The van der Waals surface area contributed by atoms with E-state index in [1.165, 1.54) is 0 Å². The predicted octanol–water partition coefficient (Wildman–Crippen LogP) is 1.68. The summed E-state index contributed by atoms with van der Waals surface area (Å²) in [6.45, 7) is 4.07. The summed E-state index contributed by atoms with van der Waals surface area (Å²) in [5, 5.41) is 0. The third-order valence-electron chi connectivity index (χ3n) is 1.67. The molecule has 0 atom stereocenters. The summed E-state index contributed by atoms with van der Waals surface area (Å²) in [6, 6.07) is 1.08. The van der Waals surface area contributed by atoms with Crippen LogP contribution in [-0.2, 0) is 4.84 Å². The van der Waals surface area contributed by atoms with E-state index in [1.807, 2.05) is 19.3 Å². The fourth-order valence-corrected chi connectivity index (χ4v) is 0.922. The highest BCUT2D eigenvalue weighted by molar-refractivity contribution is 5.93. The van der Waals surface area contributed by atoms with Gasteiger partial charge in [-0.25, -0.2) is 14.9 Å². The van der Waals surface area contributed by atoms with Crippen LogP contribution < -0.4 is 5.48 Å². The zero-order chi connectivity index (χ0) is 12.1. The van der Waals surface area contributed by atoms with Crippen LogP contribution in [0.15, 0.2) is 12.3 Å². The second-order valence-electron chi connectivity index (χ2n) is 3.60. The van der Waals surface area contributed by atoms with Crippen molar-refractivity contribution in [3.8, 4) is 0 Å². The summed E-state index contributed by atoms with van der Waals surface area (Å²) in [5.41, 5.74) is 1.59. The molecule has 0 radical (unpaired) electrons. The summed E-state index contributed by atoms with van der Waals surface area (Å²) in [4.78, 5) is 19.2. The summed E-state index contributed by atoms with van der Waals surface area (Å²) in [5.74, 6) is -3.21.